The Balaban J connectivity index is 2.62. The van der Waals surface area contributed by atoms with Crippen molar-refractivity contribution >= 4 is 33.4 Å². The second-order valence-electron chi connectivity index (χ2n) is 4.56. The number of rotatable bonds is 4. The summed E-state index contributed by atoms with van der Waals surface area (Å²) in [6, 6.07) is 6.18. The second-order valence-corrected chi connectivity index (χ2v) is 6.31. The maximum Gasteiger partial charge on any atom is 0.125 e. The third kappa shape index (κ3) is 2.45. The van der Waals surface area contributed by atoms with Gasteiger partial charge in [0.25, 0.3) is 0 Å². The fourth-order valence-electron chi connectivity index (χ4n) is 2.35. The molecule has 0 aliphatic heterocycles. The van der Waals surface area contributed by atoms with E-state index in [9.17, 15) is 4.21 Å². The first-order chi connectivity index (χ1) is 8.54. The van der Waals surface area contributed by atoms with Crippen LogP contribution in [0.3, 0.4) is 0 Å². The summed E-state index contributed by atoms with van der Waals surface area (Å²) in [4.78, 5) is 4.55. The molecule has 0 N–H and O–H groups in total. The SMILES string of the molecule is Cc1cccc2nc(CCl)n(C(C)CS(C)=O)c12. The standard InChI is InChI=1S/C13H17ClN2OS/c1-9-5-4-6-11-13(9)16(12(7-14)15-11)10(2)8-18(3)17/h4-6,10H,7-8H2,1-3H3. The lowest BCUT2D eigenvalue weighted by molar-refractivity contribution is 0.593. The molecule has 0 radical (unpaired) electrons. The van der Waals surface area contributed by atoms with Crippen LogP contribution in [0.2, 0.25) is 0 Å². The van der Waals surface area contributed by atoms with Gasteiger partial charge in [-0.15, -0.1) is 11.6 Å². The first kappa shape index (κ1) is 13.6. The zero-order chi connectivity index (χ0) is 13.3. The Bertz CT molecular complexity index is 594. The molecule has 2 atom stereocenters. The zero-order valence-electron chi connectivity index (χ0n) is 10.8. The van der Waals surface area contributed by atoms with Gasteiger partial charge in [0.15, 0.2) is 0 Å². The van der Waals surface area contributed by atoms with Crippen molar-refractivity contribution in [3.8, 4) is 0 Å². The van der Waals surface area contributed by atoms with E-state index in [4.69, 9.17) is 11.6 Å². The number of imidazole rings is 1. The van der Waals surface area contributed by atoms with Crippen LogP contribution in [0.1, 0.15) is 24.4 Å². The number of nitrogens with zero attached hydrogens (tertiary/aromatic N) is 2. The minimum atomic E-state index is -0.832. The van der Waals surface area contributed by atoms with Gasteiger partial charge in [0.1, 0.15) is 5.82 Å². The normalized spacial score (nSPS) is 14.9. The summed E-state index contributed by atoms with van der Waals surface area (Å²) < 4.78 is 13.5. The number of hydrogen-bond acceptors (Lipinski definition) is 2. The molecule has 0 bridgehead atoms. The van der Waals surface area contributed by atoms with Crippen molar-refractivity contribution in [1.82, 2.24) is 9.55 Å². The molecule has 0 aliphatic rings. The smallest absolute Gasteiger partial charge is 0.125 e. The van der Waals surface area contributed by atoms with Crippen LogP contribution in [0, 0.1) is 6.92 Å². The quantitative estimate of drug-likeness (QED) is 0.809. The lowest BCUT2D eigenvalue weighted by Crippen LogP contribution is -2.15. The highest BCUT2D eigenvalue weighted by Gasteiger charge is 2.17. The van der Waals surface area contributed by atoms with Crippen molar-refractivity contribution in [2.24, 2.45) is 0 Å². The minimum Gasteiger partial charge on any atom is -0.323 e. The van der Waals surface area contributed by atoms with Crippen LogP contribution in [-0.2, 0) is 16.7 Å². The highest BCUT2D eigenvalue weighted by molar-refractivity contribution is 7.84. The Hall–Kier alpha value is -0.870. The van der Waals surface area contributed by atoms with Crippen molar-refractivity contribution in [1.29, 1.82) is 0 Å². The van der Waals surface area contributed by atoms with E-state index >= 15 is 0 Å². The summed E-state index contributed by atoms with van der Waals surface area (Å²) in [7, 11) is -0.832. The van der Waals surface area contributed by atoms with Gasteiger partial charge < -0.3 is 4.57 Å². The van der Waals surface area contributed by atoms with Crippen LogP contribution >= 0.6 is 11.6 Å². The van der Waals surface area contributed by atoms with Crippen LogP contribution in [0.25, 0.3) is 11.0 Å². The highest BCUT2D eigenvalue weighted by Crippen LogP contribution is 2.25. The Labute approximate surface area is 115 Å². The van der Waals surface area contributed by atoms with Crippen molar-refractivity contribution in [2.75, 3.05) is 12.0 Å². The molecule has 0 fully saturated rings. The van der Waals surface area contributed by atoms with Crippen molar-refractivity contribution in [3.05, 3.63) is 29.6 Å². The number of para-hydroxylation sites is 1. The number of aryl methyl sites for hydroxylation is 1. The predicted octanol–water partition coefficient (Wildman–Crippen LogP) is 3.02. The van der Waals surface area contributed by atoms with E-state index in [1.54, 1.807) is 6.26 Å². The molecular formula is C13H17ClN2OS. The second kappa shape index (κ2) is 5.41. The maximum atomic E-state index is 11.4. The Morgan fingerprint density at radius 2 is 2.22 bits per heavy atom. The van der Waals surface area contributed by atoms with Gasteiger partial charge in [-0.05, 0) is 25.5 Å². The molecular weight excluding hydrogens is 268 g/mol. The number of alkyl halides is 1. The Morgan fingerprint density at radius 1 is 1.50 bits per heavy atom. The summed E-state index contributed by atoms with van der Waals surface area (Å²) in [6.45, 7) is 4.12. The van der Waals surface area contributed by atoms with Crippen LogP contribution in [-0.4, -0.2) is 25.8 Å². The van der Waals surface area contributed by atoms with Gasteiger partial charge in [-0.1, -0.05) is 12.1 Å². The van der Waals surface area contributed by atoms with E-state index in [1.165, 1.54) is 5.56 Å². The van der Waals surface area contributed by atoms with E-state index < -0.39 is 10.8 Å². The largest absolute Gasteiger partial charge is 0.323 e. The van der Waals surface area contributed by atoms with E-state index in [0.29, 0.717) is 11.6 Å². The van der Waals surface area contributed by atoms with Crippen LogP contribution in [0.15, 0.2) is 18.2 Å². The van der Waals surface area contributed by atoms with Gasteiger partial charge in [0, 0.05) is 28.9 Å². The molecule has 3 nitrogen and oxygen atoms in total. The van der Waals surface area contributed by atoms with Crippen LogP contribution < -0.4 is 0 Å². The van der Waals surface area contributed by atoms with Crippen LogP contribution in [0.5, 0.6) is 0 Å². The first-order valence-electron chi connectivity index (χ1n) is 5.87. The van der Waals surface area contributed by atoms with Gasteiger partial charge in [0.2, 0.25) is 0 Å². The summed E-state index contributed by atoms with van der Waals surface area (Å²) in [5, 5.41) is 0. The summed E-state index contributed by atoms with van der Waals surface area (Å²) >= 11 is 5.98. The van der Waals surface area contributed by atoms with E-state index in [0.717, 1.165) is 16.9 Å². The monoisotopic (exact) mass is 284 g/mol. The lowest BCUT2D eigenvalue weighted by Gasteiger charge is -2.16. The summed E-state index contributed by atoms with van der Waals surface area (Å²) in [5.74, 6) is 1.83. The molecule has 0 aliphatic carbocycles. The predicted molar refractivity (Wildman–Crippen MR) is 77.7 cm³/mol. The number of aromatic nitrogens is 2. The van der Waals surface area contributed by atoms with E-state index in [1.807, 2.05) is 12.1 Å². The molecule has 18 heavy (non-hydrogen) atoms. The number of fused-ring (bicyclic) bond motifs is 1. The molecule has 98 valence electrons. The van der Waals surface area contributed by atoms with E-state index in [2.05, 4.69) is 29.5 Å². The average molecular weight is 285 g/mol. The topological polar surface area (TPSA) is 34.9 Å². The molecule has 2 aromatic rings. The molecule has 2 rings (SSSR count). The highest BCUT2D eigenvalue weighted by atomic mass is 35.5. The fraction of sp³-hybridized carbons (Fsp3) is 0.462. The van der Waals surface area contributed by atoms with Crippen molar-refractivity contribution < 1.29 is 4.21 Å². The number of hydrogen-bond donors (Lipinski definition) is 0. The molecule has 1 heterocycles. The third-order valence-corrected chi connectivity index (χ3v) is 4.21. The summed E-state index contributed by atoms with van der Waals surface area (Å²) in [5.41, 5.74) is 3.23. The number of benzene rings is 1. The Kier molecular flexibility index (Phi) is 4.07. The first-order valence-corrected chi connectivity index (χ1v) is 8.13. The van der Waals surface area contributed by atoms with Gasteiger partial charge in [-0.25, -0.2) is 4.98 Å². The van der Waals surface area contributed by atoms with E-state index in [-0.39, 0.29) is 6.04 Å². The number of halogens is 1. The lowest BCUT2D eigenvalue weighted by atomic mass is 10.2. The molecule has 0 spiro atoms. The molecule has 5 heteroatoms. The molecule has 1 aromatic carbocycles. The van der Waals surface area contributed by atoms with Crippen molar-refractivity contribution in [3.63, 3.8) is 0 Å². The fourth-order valence-corrected chi connectivity index (χ4v) is 3.37. The molecule has 2 unspecified atom stereocenters. The van der Waals surface area contributed by atoms with Gasteiger partial charge >= 0.3 is 0 Å². The minimum absolute atomic E-state index is 0.135. The van der Waals surface area contributed by atoms with Gasteiger partial charge in [0.05, 0.1) is 16.9 Å². The van der Waals surface area contributed by atoms with Crippen molar-refractivity contribution in [2.45, 2.75) is 25.8 Å². The Morgan fingerprint density at radius 3 is 2.83 bits per heavy atom. The molecule has 1 aromatic heterocycles. The maximum absolute atomic E-state index is 11.4. The van der Waals surface area contributed by atoms with Gasteiger partial charge in [-0.3, -0.25) is 4.21 Å². The van der Waals surface area contributed by atoms with Gasteiger partial charge in [-0.2, -0.15) is 0 Å². The summed E-state index contributed by atoms with van der Waals surface area (Å²) in [6.07, 6.45) is 1.73. The third-order valence-electron chi connectivity index (χ3n) is 3.02. The zero-order valence-corrected chi connectivity index (χ0v) is 12.4. The average Bonchev–Trinajstić information content (AvgIpc) is 2.68. The molecule has 0 saturated heterocycles. The molecule has 0 saturated carbocycles. The molecule has 0 amide bonds. The van der Waals surface area contributed by atoms with Crippen LogP contribution in [0.4, 0.5) is 0 Å².